The van der Waals surface area contributed by atoms with E-state index < -0.39 is 23.8 Å². The maximum absolute atomic E-state index is 11.6. The Labute approximate surface area is 104 Å². The quantitative estimate of drug-likeness (QED) is 0.678. The standard InChI is InChI=1S/C12H14N2O4/c1-7(11(13)16)14-10(15)6-8-4-2-3-5-9(8)12(17)18/h2-5,7H,6H2,1H3,(H2,13,16)(H,14,15)(H,17,18). The number of carbonyl (C=O) groups excluding carboxylic acids is 2. The lowest BCUT2D eigenvalue weighted by molar-refractivity contribution is -0.126. The van der Waals surface area contributed by atoms with Gasteiger partial charge in [-0.1, -0.05) is 18.2 Å². The van der Waals surface area contributed by atoms with Crippen molar-refractivity contribution in [2.75, 3.05) is 0 Å². The first kappa shape index (κ1) is 13.7. The maximum Gasteiger partial charge on any atom is 0.335 e. The van der Waals surface area contributed by atoms with E-state index in [4.69, 9.17) is 10.8 Å². The summed E-state index contributed by atoms with van der Waals surface area (Å²) in [5.41, 5.74) is 5.46. The van der Waals surface area contributed by atoms with Crippen LogP contribution in [0.3, 0.4) is 0 Å². The van der Waals surface area contributed by atoms with Crippen LogP contribution in [0.25, 0.3) is 0 Å². The molecule has 0 radical (unpaired) electrons. The Bertz CT molecular complexity index is 485. The molecule has 4 N–H and O–H groups in total. The average Bonchev–Trinajstić information content (AvgIpc) is 2.28. The molecule has 0 aromatic heterocycles. The zero-order chi connectivity index (χ0) is 13.7. The number of aromatic carboxylic acids is 1. The molecule has 0 heterocycles. The number of carboxylic acid groups (broad SMARTS) is 1. The van der Waals surface area contributed by atoms with E-state index in [1.807, 2.05) is 0 Å². The summed E-state index contributed by atoms with van der Waals surface area (Å²) in [4.78, 5) is 33.3. The second-order valence-electron chi connectivity index (χ2n) is 3.83. The fourth-order valence-corrected chi connectivity index (χ4v) is 1.42. The Morgan fingerprint density at radius 2 is 1.94 bits per heavy atom. The van der Waals surface area contributed by atoms with Gasteiger partial charge in [-0.2, -0.15) is 0 Å². The summed E-state index contributed by atoms with van der Waals surface area (Å²) in [5, 5.41) is 11.3. The third-order valence-electron chi connectivity index (χ3n) is 2.40. The van der Waals surface area contributed by atoms with Gasteiger partial charge in [-0.25, -0.2) is 4.79 Å². The predicted octanol–water partition coefficient (Wildman–Crippen LogP) is -0.0827. The van der Waals surface area contributed by atoms with Crippen molar-refractivity contribution >= 4 is 17.8 Å². The molecule has 6 nitrogen and oxygen atoms in total. The molecule has 1 aromatic rings. The van der Waals surface area contributed by atoms with Crippen LogP contribution in [0.4, 0.5) is 0 Å². The van der Waals surface area contributed by atoms with E-state index in [9.17, 15) is 14.4 Å². The molecule has 6 heteroatoms. The number of hydrogen-bond donors (Lipinski definition) is 3. The van der Waals surface area contributed by atoms with Crippen LogP contribution in [0.15, 0.2) is 24.3 Å². The van der Waals surface area contributed by atoms with E-state index in [0.717, 1.165) is 0 Å². The van der Waals surface area contributed by atoms with E-state index in [0.29, 0.717) is 5.56 Å². The molecule has 0 saturated carbocycles. The van der Waals surface area contributed by atoms with Gasteiger partial charge >= 0.3 is 5.97 Å². The van der Waals surface area contributed by atoms with Crippen LogP contribution >= 0.6 is 0 Å². The van der Waals surface area contributed by atoms with Gasteiger partial charge in [-0.05, 0) is 18.6 Å². The molecule has 0 saturated heterocycles. The van der Waals surface area contributed by atoms with Crippen LogP contribution in [0.2, 0.25) is 0 Å². The topological polar surface area (TPSA) is 109 Å². The first-order valence-corrected chi connectivity index (χ1v) is 5.31. The highest BCUT2D eigenvalue weighted by Gasteiger charge is 2.15. The minimum atomic E-state index is -1.10. The second kappa shape index (κ2) is 5.81. The molecule has 0 spiro atoms. The molecule has 0 fully saturated rings. The summed E-state index contributed by atoms with van der Waals surface area (Å²) in [6.07, 6.45) is -0.111. The first-order valence-electron chi connectivity index (χ1n) is 5.31. The van der Waals surface area contributed by atoms with Crippen molar-refractivity contribution in [3.05, 3.63) is 35.4 Å². The van der Waals surface area contributed by atoms with Gasteiger partial charge in [0.25, 0.3) is 0 Å². The number of rotatable bonds is 5. The Hall–Kier alpha value is -2.37. The Morgan fingerprint density at radius 1 is 1.33 bits per heavy atom. The molecule has 0 aliphatic heterocycles. The SMILES string of the molecule is CC(NC(=O)Cc1ccccc1C(=O)O)C(N)=O. The van der Waals surface area contributed by atoms with Crippen LogP contribution in [0.5, 0.6) is 0 Å². The molecule has 1 unspecified atom stereocenters. The van der Waals surface area contributed by atoms with Crippen molar-refractivity contribution in [3.8, 4) is 0 Å². The number of carbonyl (C=O) groups is 3. The van der Waals surface area contributed by atoms with Crippen LogP contribution in [-0.4, -0.2) is 28.9 Å². The Kier molecular flexibility index (Phi) is 4.42. The molecule has 0 bridgehead atoms. The summed E-state index contributed by atoms with van der Waals surface area (Å²) in [5.74, 6) is -2.19. The number of amides is 2. The fraction of sp³-hybridized carbons (Fsp3) is 0.250. The Morgan fingerprint density at radius 3 is 2.50 bits per heavy atom. The molecule has 1 atom stereocenters. The summed E-state index contributed by atoms with van der Waals surface area (Å²) >= 11 is 0. The van der Waals surface area contributed by atoms with E-state index >= 15 is 0 Å². The first-order chi connectivity index (χ1) is 8.41. The lowest BCUT2D eigenvalue weighted by Crippen LogP contribution is -2.42. The van der Waals surface area contributed by atoms with Gasteiger partial charge in [0, 0.05) is 0 Å². The highest BCUT2D eigenvalue weighted by Crippen LogP contribution is 2.09. The van der Waals surface area contributed by atoms with E-state index in [-0.39, 0.29) is 12.0 Å². The van der Waals surface area contributed by atoms with Crippen LogP contribution in [-0.2, 0) is 16.0 Å². The highest BCUT2D eigenvalue weighted by molar-refractivity contribution is 5.92. The smallest absolute Gasteiger partial charge is 0.335 e. The summed E-state index contributed by atoms with van der Waals surface area (Å²) in [6, 6.07) is 5.42. The van der Waals surface area contributed by atoms with Crippen molar-refractivity contribution < 1.29 is 19.5 Å². The number of nitrogens with one attached hydrogen (secondary N) is 1. The van der Waals surface area contributed by atoms with Crippen molar-refractivity contribution in [2.45, 2.75) is 19.4 Å². The van der Waals surface area contributed by atoms with Crippen molar-refractivity contribution in [3.63, 3.8) is 0 Å². The molecule has 2 amide bonds. The molecular formula is C12H14N2O4. The van der Waals surface area contributed by atoms with Crippen LogP contribution < -0.4 is 11.1 Å². The van der Waals surface area contributed by atoms with Crippen LogP contribution in [0.1, 0.15) is 22.8 Å². The molecule has 1 aromatic carbocycles. The number of nitrogens with two attached hydrogens (primary N) is 1. The monoisotopic (exact) mass is 250 g/mol. The molecular weight excluding hydrogens is 236 g/mol. The van der Waals surface area contributed by atoms with Gasteiger partial charge in [0.1, 0.15) is 6.04 Å². The van der Waals surface area contributed by atoms with Gasteiger partial charge in [0.2, 0.25) is 11.8 Å². The molecule has 1 rings (SSSR count). The molecule has 0 aliphatic rings. The van der Waals surface area contributed by atoms with Gasteiger partial charge in [-0.15, -0.1) is 0 Å². The number of primary amides is 1. The van der Waals surface area contributed by atoms with Crippen molar-refractivity contribution in [2.24, 2.45) is 5.73 Å². The molecule has 0 aliphatic carbocycles. The fourth-order valence-electron chi connectivity index (χ4n) is 1.42. The highest BCUT2D eigenvalue weighted by atomic mass is 16.4. The molecule has 96 valence electrons. The second-order valence-corrected chi connectivity index (χ2v) is 3.83. The number of hydrogen-bond acceptors (Lipinski definition) is 3. The Balaban J connectivity index is 2.76. The zero-order valence-electron chi connectivity index (χ0n) is 9.84. The van der Waals surface area contributed by atoms with E-state index in [1.165, 1.54) is 13.0 Å². The van der Waals surface area contributed by atoms with Crippen molar-refractivity contribution in [1.29, 1.82) is 0 Å². The minimum absolute atomic E-state index is 0.0689. The minimum Gasteiger partial charge on any atom is -0.478 e. The third-order valence-corrected chi connectivity index (χ3v) is 2.40. The molecule has 18 heavy (non-hydrogen) atoms. The normalized spacial score (nSPS) is 11.6. The summed E-state index contributed by atoms with van der Waals surface area (Å²) < 4.78 is 0. The lowest BCUT2D eigenvalue weighted by Gasteiger charge is -2.11. The van der Waals surface area contributed by atoms with Gasteiger partial charge in [-0.3, -0.25) is 9.59 Å². The van der Waals surface area contributed by atoms with Gasteiger partial charge in [0.05, 0.1) is 12.0 Å². The summed E-state index contributed by atoms with van der Waals surface area (Å²) in [7, 11) is 0. The lowest BCUT2D eigenvalue weighted by atomic mass is 10.0. The average molecular weight is 250 g/mol. The zero-order valence-corrected chi connectivity index (χ0v) is 9.84. The van der Waals surface area contributed by atoms with Crippen LogP contribution in [0, 0.1) is 0 Å². The number of carboxylic acids is 1. The van der Waals surface area contributed by atoms with Crippen molar-refractivity contribution in [1.82, 2.24) is 5.32 Å². The third kappa shape index (κ3) is 3.58. The number of benzene rings is 1. The predicted molar refractivity (Wildman–Crippen MR) is 63.9 cm³/mol. The maximum atomic E-state index is 11.6. The van der Waals surface area contributed by atoms with E-state index in [1.54, 1.807) is 18.2 Å². The summed E-state index contributed by atoms with van der Waals surface area (Å²) in [6.45, 7) is 1.46. The van der Waals surface area contributed by atoms with E-state index in [2.05, 4.69) is 5.32 Å². The van der Waals surface area contributed by atoms with Gasteiger partial charge in [0.15, 0.2) is 0 Å². The van der Waals surface area contributed by atoms with Gasteiger partial charge < -0.3 is 16.2 Å². The largest absolute Gasteiger partial charge is 0.478 e.